The standard InChI is InChI=1S/C16H28N2O2S/c1-13(2)17-12-15(4)21(19,20)18-11-10-14(3)16-8-6-5-7-9-16/h5-9,13-15,17-18H,10-12H2,1-4H3. The number of rotatable bonds is 9. The van der Waals surface area contributed by atoms with Crippen molar-refractivity contribution in [3.63, 3.8) is 0 Å². The van der Waals surface area contributed by atoms with Gasteiger partial charge in [-0.15, -0.1) is 0 Å². The smallest absolute Gasteiger partial charge is 0.215 e. The highest BCUT2D eigenvalue weighted by molar-refractivity contribution is 7.90. The first-order valence-electron chi connectivity index (χ1n) is 7.59. The maximum atomic E-state index is 12.1. The van der Waals surface area contributed by atoms with E-state index >= 15 is 0 Å². The predicted octanol–water partition coefficient (Wildman–Crippen LogP) is 2.49. The molecule has 0 aliphatic carbocycles. The van der Waals surface area contributed by atoms with Crippen LogP contribution in [0.5, 0.6) is 0 Å². The Morgan fingerprint density at radius 1 is 1.05 bits per heavy atom. The lowest BCUT2D eigenvalue weighted by atomic mass is 9.98. The maximum Gasteiger partial charge on any atom is 0.215 e. The second-order valence-electron chi connectivity index (χ2n) is 5.91. The third-order valence-corrected chi connectivity index (χ3v) is 5.43. The molecule has 4 nitrogen and oxygen atoms in total. The van der Waals surface area contributed by atoms with Crippen molar-refractivity contribution in [3.05, 3.63) is 35.9 Å². The van der Waals surface area contributed by atoms with Gasteiger partial charge in [-0.2, -0.15) is 0 Å². The Balaban J connectivity index is 2.40. The molecule has 21 heavy (non-hydrogen) atoms. The van der Waals surface area contributed by atoms with Crippen molar-refractivity contribution in [1.82, 2.24) is 10.0 Å². The lowest BCUT2D eigenvalue weighted by Crippen LogP contribution is -2.41. The van der Waals surface area contributed by atoms with E-state index in [1.165, 1.54) is 5.56 Å². The van der Waals surface area contributed by atoms with Crippen molar-refractivity contribution in [2.75, 3.05) is 13.1 Å². The van der Waals surface area contributed by atoms with Gasteiger partial charge in [-0.05, 0) is 24.8 Å². The molecule has 1 rings (SSSR count). The van der Waals surface area contributed by atoms with Gasteiger partial charge in [-0.3, -0.25) is 0 Å². The third-order valence-electron chi connectivity index (χ3n) is 3.59. The van der Waals surface area contributed by atoms with Gasteiger partial charge < -0.3 is 5.32 Å². The topological polar surface area (TPSA) is 58.2 Å². The van der Waals surface area contributed by atoms with Gasteiger partial charge in [0, 0.05) is 19.1 Å². The highest BCUT2D eigenvalue weighted by Gasteiger charge is 2.20. The highest BCUT2D eigenvalue weighted by Crippen LogP contribution is 2.17. The van der Waals surface area contributed by atoms with Crippen LogP contribution in [0.2, 0.25) is 0 Å². The number of benzene rings is 1. The summed E-state index contributed by atoms with van der Waals surface area (Å²) < 4.78 is 26.9. The summed E-state index contributed by atoms with van der Waals surface area (Å²) in [5, 5.41) is 2.73. The summed E-state index contributed by atoms with van der Waals surface area (Å²) in [4.78, 5) is 0. The summed E-state index contributed by atoms with van der Waals surface area (Å²) in [6.45, 7) is 8.82. The zero-order valence-electron chi connectivity index (χ0n) is 13.5. The van der Waals surface area contributed by atoms with Crippen molar-refractivity contribution in [1.29, 1.82) is 0 Å². The molecule has 2 unspecified atom stereocenters. The molecule has 1 aromatic carbocycles. The first-order chi connectivity index (χ1) is 9.83. The minimum Gasteiger partial charge on any atom is -0.313 e. The van der Waals surface area contributed by atoms with E-state index in [4.69, 9.17) is 0 Å². The van der Waals surface area contributed by atoms with Crippen molar-refractivity contribution in [2.24, 2.45) is 0 Å². The van der Waals surface area contributed by atoms with Crippen LogP contribution >= 0.6 is 0 Å². The lowest BCUT2D eigenvalue weighted by molar-refractivity contribution is 0.536. The Morgan fingerprint density at radius 2 is 1.67 bits per heavy atom. The zero-order valence-corrected chi connectivity index (χ0v) is 14.3. The molecule has 1 aromatic rings. The fourth-order valence-electron chi connectivity index (χ4n) is 2.02. The van der Waals surface area contributed by atoms with Gasteiger partial charge in [0.2, 0.25) is 10.0 Å². The van der Waals surface area contributed by atoms with Crippen LogP contribution in [0.4, 0.5) is 0 Å². The monoisotopic (exact) mass is 312 g/mol. The highest BCUT2D eigenvalue weighted by atomic mass is 32.2. The number of nitrogens with one attached hydrogen (secondary N) is 2. The first-order valence-corrected chi connectivity index (χ1v) is 9.14. The molecule has 0 aliphatic rings. The molecule has 120 valence electrons. The van der Waals surface area contributed by atoms with Gasteiger partial charge in [-0.1, -0.05) is 51.1 Å². The molecule has 2 atom stereocenters. The van der Waals surface area contributed by atoms with Gasteiger partial charge in [-0.25, -0.2) is 13.1 Å². The minimum absolute atomic E-state index is 0.292. The summed E-state index contributed by atoms with van der Waals surface area (Å²) in [5.74, 6) is 0.345. The quantitative estimate of drug-likeness (QED) is 0.736. The van der Waals surface area contributed by atoms with E-state index in [2.05, 4.69) is 29.1 Å². The summed E-state index contributed by atoms with van der Waals surface area (Å²) >= 11 is 0. The number of hydrogen-bond donors (Lipinski definition) is 2. The Bertz CT molecular complexity index is 500. The van der Waals surface area contributed by atoms with E-state index < -0.39 is 15.3 Å². The largest absolute Gasteiger partial charge is 0.313 e. The van der Waals surface area contributed by atoms with E-state index in [0.717, 1.165) is 6.42 Å². The van der Waals surface area contributed by atoms with Crippen molar-refractivity contribution >= 4 is 10.0 Å². The van der Waals surface area contributed by atoms with E-state index in [0.29, 0.717) is 25.0 Å². The first kappa shape index (κ1) is 18.1. The molecule has 0 heterocycles. The normalized spacial score (nSPS) is 15.1. The van der Waals surface area contributed by atoms with Gasteiger partial charge in [0.05, 0.1) is 5.25 Å². The molecule has 0 bridgehead atoms. The molecular formula is C16H28N2O2S. The van der Waals surface area contributed by atoms with E-state index in [1.807, 2.05) is 32.0 Å². The third kappa shape index (κ3) is 6.59. The molecule has 2 N–H and O–H groups in total. The summed E-state index contributed by atoms with van der Waals surface area (Å²) in [5.41, 5.74) is 1.24. The molecule has 0 aliphatic heterocycles. The molecule has 5 heteroatoms. The molecule has 0 aromatic heterocycles. The predicted molar refractivity (Wildman–Crippen MR) is 89.0 cm³/mol. The van der Waals surface area contributed by atoms with E-state index in [1.54, 1.807) is 6.92 Å². The minimum atomic E-state index is -3.25. The molecular weight excluding hydrogens is 284 g/mol. The van der Waals surface area contributed by atoms with Crippen LogP contribution in [0.15, 0.2) is 30.3 Å². The Morgan fingerprint density at radius 3 is 2.24 bits per heavy atom. The summed E-state index contributed by atoms with van der Waals surface area (Å²) in [6, 6.07) is 10.5. The number of hydrogen-bond acceptors (Lipinski definition) is 3. The summed E-state index contributed by atoms with van der Waals surface area (Å²) in [7, 11) is -3.25. The van der Waals surface area contributed by atoms with Gasteiger partial charge in [0.25, 0.3) is 0 Å². The van der Waals surface area contributed by atoms with Gasteiger partial charge in [0.1, 0.15) is 0 Å². The fourth-order valence-corrected chi connectivity index (χ4v) is 3.02. The Labute approximate surface area is 129 Å². The molecule has 0 spiro atoms. The van der Waals surface area contributed by atoms with Crippen LogP contribution in [0.25, 0.3) is 0 Å². The van der Waals surface area contributed by atoms with Crippen LogP contribution in [-0.4, -0.2) is 32.8 Å². The van der Waals surface area contributed by atoms with E-state index in [-0.39, 0.29) is 0 Å². The van der Waals surface area contributed by atoms with Crippen molar-refractivity contribution in [2.45, 2.75) is 51.3 Å². The van der Waals surface area contributed by atoms with Crippen LogP contribution in [0.3, 0.4) is 0 Å². The van der Waals surface area contributed by atoms with Crippen molar-refractivity contribution < 1.29 is 8.42 Å². The molecule has 0 saturated carbocycles. The Kier molecular flexibility index (Phi) is 7.35. The maximum absolute atomic E-state index is 12.1. The lowest BCUT2D eigenvalue weighted by Gasteiger charge is -2.17. The number of sulfonamides is 1. The Hall–Kier alpha value is -0.910. The molecule has 0 radical (unpaired) electrons. The van der Waals surface area contributed by atoms with Crippen LogP contribution < -0.4 is 10.0 Å². The van der Waals surface area contributed by atoms with E-state index in [9.17, 15) is 8.42 Å². The second kappa shape index (κ2) is 8.51. The van der Waals surface area contributed by atoms with Crippen LogP contribution in [0, 0.1) is 0 Å². The molecule has 0 fully saturated rings. The van der Waals surface area contributed by atoms with Gasteiger partial charge >= 0.3 is 0 Å². The van der Waals surface area contributed by atoms with Gasteiger partial charge in [0.15, 0.2) is 0 Å². The SMILES string of the molecule is CC(C)NCC(C)S(=O)(=O)NCCC(C)c1ccccc1. The molecule has 0 saturated heterocycles. The van der Waals surface area contributed by atoms with Crippen LogP contribution in [0.1, 0.15) is 45.6 Å². The second-order valence-corrected chi connectivity index (χ2v) is 8.10. The zero-order chi connectivity index (χ0) is 15.9. The average Bonchev–Trinajstić information content (AvgIpc) is 2.45. The average molecular weight is 312 g/mol. The van der Waals surface area contributed by atoms with Crippen LogP contribution in [-0.2, 0) is 10.0 Å². The fraction of sp³-hybridized carbons (Fsp3) is 0.625. The summed E-state index contributed by atoms with van der Waals surface area (Å²) in [6.07, 6.45) is 0.799. The molecule has 0 amide bonds. The van der Waals surface area contributed by atoms with Crippen molar-refractivity contribution in [3.8, 4) is 0 Å².